The first-order valence-electron chi connectivity index (χ1n) is 9.81. The molecule has 1 atom stereocenters. The minimum atomic E-state index is -0.556. The maximum Gasteiger partial charge on any atom is 0.325 e. The fourth-order valence-electron chi connectivity index (χ4n) is 3.55. The highest BCUT2D eigenvalue weighted by atomic mass is 16.5. The summed E-state index contributed by atoms with van der Waals surface area (Å²) in [4.78, 5) is 40.6. The molecule has 9 heteroatoms. The minimum Gasteiger partial charge on any atom is -0.497 e. The van der Waals surface area contributed by atoms with Gasteiger partial charge in [-0.15, -0.1) is 0 Å². The average molecular weight is 430 g/mol. The number of benzene rings is 1. The zero-order valence-electron chi connectivity index (χ0n) is 17.8. The summed E-state index contributed by atoms with van der Waals surface area (Å²) in [5, 5.41) is 0. The predicted molar refractivity (Wildman–Crippen MR) is 109 cm³/mol. The van der Waals surface area contributed by atoms with Crippen LogP contribution in [-0.4, -0.2) is 62.0 Å². The Bertz CT molecular complexity index is 904. The molecule has 1 aromatic carbocycles. The number of likely N-dealkylation sites (tertiary alicyclic amines) is 1. The van der Waals surface area contributed by atoms with E-state index in [1.54, 1.807) is 41.5 Å². The molecule has 2 amide bonds. The van der Waals surface area contributed by atoms with Gasteiger partial charge in [0.2, 0.25) is 11.8 Å². The first kappa shape index (κ1) is 22.2. The lowest BCUT2D eigenvalue weighted by atomic mass is 10.1. The molecule has 0 spiro atoms. The maximum atomic E-state index is 13.3. The zero-order valence-corrected chi connectivity index (χ0v) is 17.8. The molecule has 0 saturated carbocycles. The van der Waals surface area contributed by atoms with Crippen molar-refractivity contribution in [1.82, 2.24) is 9.80 Å². The lowest BCUT2D eigenvalue weighted by Crippen LogP contribution is -2.40. The average Bonchev–Trinajstić information content (AvgIpc) is 3.42. The Balaban J connectivity index is 1.76. The van der Waals surface area contributed by atoms with Crippen LogP contribution in [0.15, 0.2) is 41.0 Å². The number of amides is 2. The number of hydrogen-bond acceptors (Lipinski definition) is 7. The SMILES string of the molecule is COC(=O)CN(Cc1cc(OC)cc(OC)c1)C(=O)C1CC(=O)N(Cc2ccco2)C1. The van der Waals surface area contributed by atoms with Gasteiger partial charge in [-0.05, 0) is 29.8 Å². The largest absolute Gasteiger partial charge is 0.497 e. The van der Waals surface area contributed by atoms with Crippen LogP contribution in [0.5, 0.6) is 11.5 Å². The topological polar surface area (TPSA) is 98.5 Å². The van der Waals surface area contributed by atoms with Gasteiger partial charge in [0, 0.05) is 25.6 Å². The zero-order chi connectivity index (χ0) is 22.4. The monoisotopic (exact) mass is 430 g/mol. The molecule has 1 aliphatic rings. The summed E-state index contributed by atoms with van der Waals surface area (Å²) in [6.07, 6.45) is 1.62. The fraction of sp³-hybridized carbons (Fsp3) is 0.409. The number of hydrogen-bond donors (Lipinski definition) is 0. The van der Waals surface area contributed by atoms with Gasteiger partial charge in [-0.25, -0.2) is 0 Å². The molecule has 0 aliphatic carbocycles. The predicted octanol–water partition coefficient (Wildman–Crippen LogP) is 1.85. The molecule has 0 radical (unpaired) electrons. The van der Waals surface area contributed by atoms with Gasteiger partial charge in [0.15, 0.2) is 0 Å². The third-order valence-corrected chi connectivity index (χ3v) is 5.13. The smallest absolute Gasteiger partial charge is 0.325 e. The number of esters is 1. The van der Waals surface area contributed by atoms with Crippen LogP contribution in [0.2, 0.25) is 0 Å². The van der Waals surface area contributed by atoms with Gasteiger partial charge in [-0.2, -0.15) is 0 Å². The number of rotatable bonds is 9. The van der Waals surface area contributed by atoms with Gasteiger partial charge in [-0.1, -0.05) is 0 Å². The first-order valence-corrected chi connectivity index (χ1v) is 9.81. The molecule has 2 heterocycles. The van der Waals surface area contributed by atoms with E-state index < -0.39 is 11.9 Å². The summed E-state index contributed by atoms with van der Waals surface area (Å²) in [5.41, 5.74) is 0.727. The van der Waals surface area contributed by atoms with Crippen molar-refractivity contribution in [2.45, 2.75) is 19.5 Å². The molecule has 1 aromatic heterocycles. The molecule has 1 aliphatic heterocycles. The molecule has 1 saturated heterocycles. The summed E-state index contributed by atoms with van der Waals surface area (Å²) < 4.78 is 20.6. The highest BCUT2D eigenvalue weighted by molar-refractivity contribution is 5.90. The van der Waals surface area contributed by atoms with Gasteiger partial charge in [0.25, 0.3) is 0 Å². The summed E-state index contributed by atoms with van der Waals surface area (Å²) in [6, 6.07) is 8.78. The van der Waals surface area contributed by atoms with Crippen molar-refractivity contribution in [3.05, 3.63) is 47.9 Å². The lowest BCUT2D eigenvalue weighted by Gasteiger charge is -2.25. The van der Waals surface area contributed by atoms with Crippen LogP contribution in [0.4, 0.5) is 0 Å². The standard InChI is InChI=1S/C22H26N2O7/c1-28-18-7-15(8-19(10-18)29-2)11-24(14-21(26)30-3)22(27)16-9-20(25)23(12-16)13-17-5-4-6-31-17/h4-8,10,16H,9,11-14H2,1-3H3. The lowest BCUT2D eigenvalue weighted by molar-refractivity contribution is -0.148. The molecule has 0 bridgehead atoms. The maximum absolute atomic E-state index is 13.3. The molecule has 0 N–H and O–H groups in total. The molecule has 166 valence electrons. The highest BCUT2D eigenvalue weighted by Crippen LogP contribution is 2.26. The molecule has 2 aromatic rings. The second-order valence-electron chi connectivity index (χ2n) is 7.25. The quantitative estimate of drug-likeness (QED) is 0.560. The Morgan fingerprint density at radius 3 is 2.45 bits per heavy atom. The summed E-state index contributed by atoms with van der Waals surface area (Å²) >= 11 is 0. The van der Waals surface area contributed by atoms with E-state index in [4.69, 9.17) is 18.6 Å². The van der Waals surface area contributed by atoms with E-state index in [1.165, 1.54) is 26.2 Å². The second-order valence-corrected chi connectivity index (χ2v) is 7.25. The minimum absolute atomic E-state index is 0.0820. The van der Waals surface area contributed by atoms with Crippen LogP contribution in [-0.2, 0) is 32.2 Å². The van der Waals surface area contributed by atoms with Crippen LogP contribution < -0.4 is 9.47 Å². The van der Waals surface area contributed by atoms with Crippen LogP contribution in [0.3, 0.4) is 0 Å². The van der Waals surface area contributed by atoms with E-state index in [-0.39, 0.29) is 37.9 Å². The number of ether oxygens (including phenoxy) is 3. The number of nitrogens with zero attached hydrogens (tertiary/aromatic N) is 2. The van der Waals surface area contributed by atoms with Crippen molar-refractivity contribution in [3.8, 4) is 11.5 Å². The van der Waals surface area contributed by atoms with E-state index in [0.29, 0.717) is 23.8 Å². The Hall–Kier alpha value is -3.49. The summed E-state index contributed by atoms with van der Waals surface area (Å²) in [7, 11) is 4.34. The fourth-order valence-corrected chi connectivity index (χ4v) is 3.55. The van der Waals surface area contributed by atoms with Crippen molar-refractivity contribution in [3.63, 3.8) is 0 Å². The molecular formula is C22H26N2O7. The van der Waals surface area contributed by atoms with Gasteiger partial charge in [0.05, 0.1) is 40.1 Å². The summed E-state index contributed by atoms with van der Waals surface area (Å²) in [6.45, 7) is 0.485. The number of furan rings is 1. The Morgan fingerprint density at radius 2 is 1.87 bits per heavy atom. The molecular weight excluding hydrogens is 404 g/mol. The molecule has 1 fully saturated rings. The Labute approximate surface area is 180 Å². The summed E-state index contributed by atoms with van der Waals surface area (Å²) in [5.74, 6) is 0.273. The van der Waals surface area contributed by atoms with Gasteiger partial charge < -0.3 is 28.4 Å². The number of methoxy groups -OCH3 is 3. The van der Waals surface area contributed by atoms with Crippen LogP contribution >= 0.6 is 0 Å². The Kier molecular flexibility index (Phi) is 7.17. The van der Waals surface area contributed by atoms with Crippen molar-refractivity contribution < 1.29 is 33.0 Å². The van der Waals surface area contributed by atoms with E-state index in [0.717, 1.165) is 5.56 Å². The van der Waals surface area contributed by atoms with Gasteiger partial charge >= 0.3 is 5.97 Å². The van der Waals surface area contributed by atoms with Crippen molar-refractivity contribution in [2.75, 3.05) is 34.4 Å². The van der Waals surface area contributed by atoms with E-state index in [9.17, 15) is 14.4 Å². The van der Waals surface area contributed by atoms with Gasteiger partial charge in [-0.3, -0.25) is 14.4 Å². The second kappa shape index (κ2) is 10.0. The number of carbonyl (C=O) groups is 3. The number of carbonyl (C=O) groups excluding carboxylic acids is 3. The normalized spacial score (nSPS) is 15.6. The van der Waals surface area contributed by atoms with Crippen molar-refractivity contribution in [1.29, 1.82) is 0 Å². The van der Waals surface area contributed by atoms with Gasteiger partial charge in [0.1, 0.15) is 23.8 Å². The van der Waals surface area contributed by atoms with Crippen molar-refractivity contribution in [2.24, 2.45) is 5.92 Å². The molecule has 1 unspecified atom stereocenters. The third kappa shape index (κ3) is 5.56. The van der Waals surface area contributed by atoms with Crippen LogP contribution in [0, 0.1) is 5.92 Å². The first-order chi connectivity index (χ1) is 14.9. The van der Waals surface area contributed by atoms with E-state index in [1.807, 2.05) is 0 Å². The van der Waals surface area contributed by atoms with Crippen molar-refractivity contribution >= 4 is 17.8 Å². The van der Waals surface area contributed by atoms with Crippen LogP contribution in [0.1, 0.15) is 17.7 Å². The molecule has 9 nitrogen and oxygen atoms in total. The van der Waals surface area contributed by atoms with E-state index in [2.05, 4.69) is 0 Å². The highest BCUT2D eigenvalue weighted by Gasteiger charge is 2.37. The molecule has 31 heavy (non-hydrogen) atoms. The Morgan fingerprint density at radius 1 is 1.16 bits per heavy atom. The third-order valence-electron chi connectivity index (χ3n) is 5.13. The van der Waals surface area contributed by atoms with Crippen LogP contribution in [0.25, 0.3) is 0 Å². The van der Waals surface area contributed by atoms with E-state index >= 15 is 0 Å². The molecule has 3 rings (SSSR count).